The smallest absolute Gasteiger partial charge is 0.266 e. The van der Waals surface area contributed by atoms with Crippen LogP contribution in [0.15, 0.2) is 85.2 Å². The average Bonchev–Trinajstić information content (AvgIpc) is 3.76. The lowest BCUT2D eigenvalue weighted by atomic mass is 9.82. The van der Waals surface area contributed by atoms with Crippen molar-refractivity contribution in [3.8, 4) is 16.9 Å². The number of amides is 5. The van der Waals surface area contributed by atoms with E-state index in [1.165, 1.54) is 11.1 Å². The standard InChI is InChI=1S/C45H48N6O7/c52-27-36-32-19-22-50(26-28-17-20-46-21-18-28)42(32)34-25-30(13-14-35(34)48-36)29-8-6-9-31(24-29)47-39(53)12-4-2-1-3-5-23-58-38-11-7-10-33-41(38)45(57)51(44(33)56)37-15-16-40(54)49-43(37)55/h6-11,13-14,17-18,20-21,24-25,32,36-37,42,48,52H,1-5,12,15-16,19,22-23,26-27H2,(H,47,53)(H,49,54,55)/t32-,36-,37?,42-/m1/s1. The number of anilines is 2. The Kier molecular flexibility index (Phi) is 11.6. The molecule has 2 fully saturated rings. The number of aliphatic hydroxyl groups excluding tert-OH is 1. The summed E-state index contributed by atoms with van der Waals surface area (Å²) >= 11 is 0. The number of rotatable bonds is 15. The predicted molar refractivity (Wildman–Crippen MR) is 217 cm³/mol. The second kappa shape index (κ2) is 17.3. The van der Waals surface area contributed by atoms with E-state index in [9.17, 15) is 29.1 Å². The summed E-state index contributed by atoms with van der Waals surface area (Å²) in [5.74, 6) is -1.65. The molecular formula is C45H48N6O7. The van der Waals surface area contributed by atoms with Crippen LogP contribution in [0.2, 0.25) is 0 Å². The number of hydrogen-bond acceptors (Lipinski definition) is 10. The number of carbonyl (C=O) groups excluding carboxylic acids is 5. The van der Waals surface area contributed by atoms with Gasteiger partial charge in [-0.3, -0.25) is 44.1 Å². The van der Waals surface area contributed by atoms with Gasteiger partial charge in [-0.1, -0.05) is 43.5 Å². The van der Waals surface area contributed by atoms with Crippen LogP contribution in [0.5, 0.6) is 5.75 Å². The average molecular weight is 785 g/mol. The normalized spacial score (nSPS) is 21.2. The first-order valence-corrected chi connectivity index (χ1v) is 20.3. The number of hydrogen-bond donors (Lipinski definition) is 4. The van der Waals surface area contributed by atoms with Crippen molar-refractivity contribution in [2.24, 2.45) is 5.92 Å². The highest BCUT2D eigenvalue weighted by Crippen LogP contribution is 2.48. The number of nitrogens with one attached hydrogen (secondary N) is 3. The summed E-state index contributed by atoms with van der Waals surface area (Å²) in [7, 11) is 0. The third kappa shape index (κ3) is 8.09. The van der Waals surface area contributed by atoms with Gasteiger partial charge in [0, 0.05) is 55.1 Å². The molecule has 8 rings (SSSR count). The number of nitrogens with zero attached hydrogens (tertiary/aromatic N) is 3. The van der Waals surface area contributed by atoms with E-state index in [0.717, 1.165) is 79.0 Å². The molecule has 1 unspecified atom stereocenters. The van der Waals surface area contributed by atoms with E-state index >= 15 is 0 Å². The van der Waals surface area contributed by atoms with Gasteiger partial charge in [0.15, 0.2) is 0 Å². The minimum Gasteiger partial charge on any atom is -0.493 e. The third-order valence-electron chi connectivity index (χ3n) is 11.8. The molecule has 4 atom stereocenters. The maximum absolute atomic E-state index is 13.3. The van der Waals surface area contributed by atoms with Crippen LogP contribution in [-0.4, -0.2) is 81.3 Å². The number of aromatic nitrogens is 1. The molecule has 2 saturated heterocycles. The number of pyridine rings is 1. The number of ether oxygens (including phenoxy) is 1. The SMILES string of the molecule is O=C1CCC(N2C(=O)c3cccc(OCCCCCCCC(=O)Nc4cccc(-c5ccc6c(c5)[C@H]5[C@H](CCN5Cc5ccncc5)[C@@H](CO)N6)c4)c3C2=O)C(=O)N1. The van der Waals surface area contributed by atoms with E-state index in [-0.39, 0.29) is 48.6 Å². The van der Waals surface area contributed by atoms with E-state index in [1.807, 2.05) is 30.6 Å². The Labute approximate surface area is 337 Å². The lowest BCUT2D eigenvalue weighted by Crippen LogP contribution is -2.54. The van der Waals surface area contributed by atoms with Crippen LogP contribution in [0.25, 0.3) is 11.1 Å². The van der Waals surface area contributed by atoms with Crippen molar-refractivity contribution in [3.63, 3.8) is 0 Å². The largest absolute Gasteiger partial charge is 0.493 e. The van der Waals surface area contributed by atoms with Gasteiger partial charge >= 0.3 is 0 Å². The van der Waals surface area contributed by atoms with Crippen molar-refractivity contribution in [1.29, 1.82) is 0 Å². The molecule has 4 N–H and O–H groups in total. The summed E-state index contributed by atoms with van der Waals surface area (Å²) in [5.41, 5.74) is 6.69. The van der Waals surface area contributed by atoms with Crippen LogP contribution in [0, 0.1) is 5.92 Å². The van der Waals surface area contributed by atoms with Crippen LogP contribution in [-0.2, 0) is 20.9 Å². The van der Waals surface area contributed by atoms with Gasteiger partial charge in [-0.15, -0.1) is 0 Å². The Bertz CT molecular complexity index is 2210. The van der Waals surface area contributed by atoms with Crippen LogP contribution in [0.1, 0.15) is 95.7 Å². The molecule has 3 aromatic carbocycles. The molecule has 0 spiro atoms. The molecule has 13 heteroatoms. The Morgan fingerprint density at radius 1 is 0.879 bits per heavy atom. The van der Waals surface area contributed by atoms with Crippen molar-refractivity contribution in [3.05, 3.63) is 107 Å². The summed E-state index contributed by atoms with van der Waals surface area (Å²) in [6, 6.07) is 22.5. The quantitative estimate of drug-likeness (QED) is 0.0847. The highest BCUT2D eigenvalue weighted by molar-refractivity contribution is 6.24. The van der Waals surface area contributed by atoms with Gasteiger partial charge < -0.3 is 20.5 Å². The van der Waals surface area contributed by atoms with Gasteiger partial charge in [0.25, 0.3) is 11.8 Å². The first-order chi connectivity index (χ1) is 28.3. The number of piperidine rings is 1. The van der Waals surface area contributed by atoms with Crippen molar-refractivity contribution < 1.29 is 33.8 Å². The molecule has 58 heavy (non-hydrogen) atoms. The first-order valence-electron chi connectivity index (χ1n) is 20.3. The third-order valence-corrected chi connectivity index (χ3v) is 11.8. The molecule has 0 aliphatic carbocycles. The molecule has 4 aliphatic heterocycles. The zero-order valence-corrected chi connectivity index (χ0v) is 32.3. The molecule has 5 heterocycles. The maximum atomic E-state index is 13.3. The molecule has 300 valence electrons. The zero-order valence-electron chi connectivity index (χ0n) is 32.3. The summed E-state index contributed by atoms with van der Waals surface area (Å²) in [6.45, 7) is 2.21. The van der Waals surface area contributed by atoms with Gasteiger partial charge in [-0.2, -0.15) is 0 Å². The maximum Gasteiger partial charge on any atom is 0.266 e. The number of fused-ring (bicyclic) bond motifs is 4. The van der Waals surface area contributed by atoms with Gasteiger partial charge in [0.05, 0.1) is 30.4 Å². The molecule has 5 amide bonds. The molecule has 1 aromatic heterocycles. The highest BCUT2D eigenvalue weighted by Gasteiger charge is 2.46. The van der Waals surface area contributed by atoms with Gasteiger partial charge in [0.2, 0.25) is 17.7 Å². The van der Waals surface area contributed by atoms with E-state index < -0.39 is 29.7 Å². The predicted octanol–water partition coefficient (Wildman–Crippen LogP) is 5.86. The summed E-state index contributed by atoms with van der Waals surface area (Å²) in [4.78, 5) is 70.9. The Morgan fingerprint density at radius 3 is 2.50 bits per heavy atom. The number of aliphatic hydroxyl groups is 1. The molecule has 13 nitrogen and oxygen atoms in total. The van der Waals surface area contributed by atoms with Crippen LogP contribution < -0.4 is 20.7 Å². The van der Waals surface area contributed by atoms with Gasteiger partial charge in [0.1, 0.15) is 11.8 Å². The van der Waals surface area contributed by atoms with Crippen LogP contribution in [0.4, 0.5) is 11.4 Å². The fraction of sp³-hybridized carbons (Fsp3) is 0.378. The van der Waals surface area contributed by atoms with Crippen molar-refractivity contribution >= 4 is 40.9 Å². The second-order valence-corrected chi connectivity index (χ2v) is 15.6. The second-order valence-electron chi connectivity index (χ2n) is 15.6. The Hall–Kier alpha value is -5.92. The molecule has 4 aliphatic rings. The number of benzene rings is 3. The number of carbonyl (C=O) groups is 5. The highest BCUT2D eigenvalue weighted by atomic mass is 16.5. The van der Waals surface area contributed by atoms with Crippen molar-refractivity contribution in [2.45, 2.75) is 82.5 Å². The minimum atomic E-state index is -1.03. The Morgan fingerprint density at radius 2 is 1.67 bits per heavy atom. The molecule has 0 bridgehead atoms. The summed E-state index contributed by atoms with van der Waals surface area (Å²) < 4.78 is 5.95. The molecular weight excluding hydrogens is 737 g/mol. The summed E-state index contributed by atoms with van der Waals surface area (Å²) in [6.07, 6.45) is 9.36. The zero-order chi connectivity index (χ0) is 40.2. The lowest BCUT2D eigenvalue weighted by Gasteiger charge is -2.39. The molecule has 0 radical (unpaired) electrons. The van der Waals surface area contributed by atoms with Gasteiger partial charge in [-0.25, -0.2) is 0 Å². The molecule has 0 saturated carbocycles. The topological polar surface area (TPSA) is 170 Å². The Balaban J connectivity index is 0.797. The lowest BCUT2D eigenvalue weighted by molar-refractivity contribution is -0.136. The fourth-order valence-corrected chi connectivity index (χ4v) is 8.94. The number of likely N-dealkylation sites (tertiary alicyclic amines) is 1. The molecule has 4 aromatic rings. The van der Waals surface area contributed by atoms with E-state index in [4.69, 9.17) is 4.74 Å². The van der Waals surface area contributed by atoms with E-state index in [0.29, 0.717) is 24.7 Å². The van der Waals surface area contributed by atoms with Crippen LogP contribution >= 0.6 is 0 Å². The van der Waals surface area contributed by atoms with E-state index in [1.54, 1.807) is 18.2 Å². The first kappa shape index (κ1) is 38.9. The number of unbranched alkanes of at least 4 members (excludes halogenated alkanes) is 4. The van der Waals surface area contributed by atoms with Crippen molar-refractivity contribution in [2.75, 3.05) is 30.4 Å². The van der Waals surface area contributed by atoms with Gasteiger partial charge in [-0.05, 0) is 103 Å². The van der Waals surface area contributed by atoms with Crippen molar-refractivity contribution in [1.82, 2.24) is 20.1 Å². The number of imide groups is 2. The minimum absolute atomic E-state index is 0.00391. The fourth-order valence-electron chi connectivity index (χ4n) is 8.94. The van der Waals surface area contributed by atoms with E-state index in [2.05, 4.69) is 62.2 Å². The monoisotopic (exact) mass is 784 g/mol. The summed E-state index contributed by atoms with van der Waals surface area (Å²) in [5, 5.41) is 19.1. The van der Waals surface area contributed by atoms with Crippen LogP contribution in [0.3, 0.4) is 0 Å².